The Kier molecular flexibility index (Phi) is 3.97. The van der Waals surface area contributed by atoms with Crippen molar-refractivity contribution in [1.82, 2.24) is 10.3 Å². The first-order valence-electron chi connectivity index (χ1n) is 5.81. The maximum atomic E-state index is 11.9. The molecular formula is C14H15N3O2. The summed E-state index contributed by atoms with van der Waals surface area (Å²) in [4.78, 5) is 15.8. The number of pyridine rings is 1. The fraction of sp³-hybridized carbons (Fsp3) is 0.143. The molecule has 1 amide bonds. The van der Waals surface area contributed by atoms with Gasteiger partial charge in [-0.3, -0.25) is 9.78 Å². The molecule has 1 heterocycles. The highest BCUT2D eigenvalue weighted by atomic mass is 16.5. The van der Waals surface area contributed by atoms with Crippen LogP contribution in [0.25, 0.3) is 0 Å². The van der Waals surface area contributed by atoms with Crippen LogP contribution in [0.1, 0.15) is 15.9 Å². The van der Waals surface area contributed by atoms with Gasteiger partial charge in [-0.25, -0.2) is 0 Å². The van der Waals surface area contributed by atoms with Crippen LogP contribution in [0.4, 0.5) is 5.69 Å². The first-order valence-corrected chi connectivity index (χ1v) is 5.81. The molecule has 2 rings (SSSR count). The molecule has 0 aliphatic carbocycles. The zero-order valence-corrected chi connectivity index (χ0v) is 10.6. The van der Waals surface area contributed by atoms with Gasteiger partial charge in [0.1, 0.15) is 5.75 Å². The Morgan fingerprint density at radius 3 is 2.89 bits per heavy atom. The molecule has 3 N–H and O–H groups in total. The van der Waals surface area contributed by atoms with Crippen LogP contribution in [0.5, 0.6) is 5.75 Å². The molecule has 98 valence electrons. The number of methoxy groups -OCH3 is 1. The largest absolute Gasteiger partial charge is 0.496 e. The molecule has 19 heavy (non-hydrogen) atoms. The van der Waals surface area contributed by atoms with Crippen molar-refractivity contribution in [1.29, 1.82) is 0 Å². The van der Waals surface area contributed by atoms with E-state index >= 15 is 0 Å². The third-order valence-electron chi connectivity index (χ3n) is 2.65. The highest BCUT2D eigenvalue weighted by Crippen LogP contribution is 2.16. The molecule has 0 atom stereocenters. The summed E-state index contributed by atoms with van der Waals surface area (Å²) in [5, 5.41) is 2.80. The molecule has 1 aromatic carbocycles. The summed E-state index contributed by atoms with van der Waals surface area (Å²) < 4.78 is 5.22. The van der Waals surface area contributed by atoms with E-state index < -0.39 is 0 Å². The van der Waals surface area contributed by atoms with Crippen molar-refractivity contribution in [3.8, 4) is 5.75 Å². The molecule has 0 aliphatic heterocycles. The van der Waals surface area contributed by atoms with Crippen molar-refractivity contribution >= 4 is 11.6 Å². The van der Waals surface area contributed by atoms with Crippen LogP contribution >= 0.6 is 0 Å². The molecule has 0 radical (unpaired) electrons. The SMILES string of the molecule is COc1ccccc1CNC(=O)c1cncc(N)c1. The monoisotopic (exact) mass is 257 g/mol. The highest BCUT2D eigenvalue weighted by molar-refractivity contribution is 5.94. The average molecular weight is 257 g/mol. The van der Waals surface area contributed by atoms with E-state index in [2.05, 4.69) is 10.3 Å². The average Bonchev–Trinajstić information content (AvgIpc) is 2.45. The number of aromatic nitrogens is 1. The van der Waals surface area contributed by atoms with Gasteiger partial charge in [0.05, 0.1) is 18.4 Å². The quantitative estimate of drug-likeness (QED) is 0.872. The Labute approximate surface area is 111 Å². The zero-order valence-electron chi connectivity index (χ0n) is 10.6. The molecule has 0 unspecified atom stereocenters. The Balaban J connectivity index is 2.04. The van der Waals surface area contributed by atoms with E-state index in [-0.39, 0.29) is 5.91 Å². The van der Waals surface area contributed by atoms with Gasteiger partial charge in [-0.1, -0.05) is 18.2 Å². The van der Waals surface area contributed by atoms with Crippen molar-refractivity contribution in [2.75, 3.05) is 12.8 Å². The number of carbonyl (C=O) groups excluding carboxylic acids is 1. The van der Waals surface area contributed by atoms with Crippen molar-refractivity contribution in [2.45, 2.75) is 6.54 Å². The molecule has 0 aliphatic rings. The Morgan fingerprint density at radius 2 is 2.16 bits per heavy atom. The number of anilines is 1. The number of nitrogens with zero attached hydrogens (tertiary/aromatic N) is 1. The summed E-state index contributed by atoms with van der Waals surface area (Å²) in [5.41, 5.74) is 7.40. The number of para-hydroxylation sites is 1. The Bertz CT molecular complexity index is 584. The van der Waals surface area contributed by atoms with E-state index in [4.69, 9.17) is 10.5 Å². The molecule has 0 saturated heterocycles. The fourth-order valence-electron chi connectivity index (χ4n) is 1.71. The molecule has 0 fully saturated rings. The smallest absolute Gasteiger partial charge is 0.253 e. The van der Waals surface area contributed by atoms with Crippen molar-refractivity contribution in [3.05, 3.63) is 53.9 Å². The fourth-order valence-corrected chi connectivity index (χ4v) is 1.71. The number of nitrogens with one attached hydrogen (secondary N) is 1. The number of amides is 1. The normalized spacial score (nSPS) is 9.95. The number of benzene rings is 1. The second kappa shape index (κ2) is 5.86. The second-order valence-electron chi connectivity index (χ2n) is 4.00. The van der Waals surface area contributed by atoms with E-state index in [1.165, 1.54) is 12.4 Å². The maximum absolute atomic E-state index is 11.9. The summed E-state index contributed by atoms with van der Waals surface area (Å²) in [6.07, 6.45) is 2.98. The number of hydrogen-bond acceptors (Lipinski definition) is 4. The van der Waals surface area contributed by atoms with Crippen LogP contribution < -0.4 is 15.8 Å². The predicted octanol–water partition coefficient (Wildman–Crippen LogP) is 1.60. The summed E-state index contributed by atoms with van der Waals surface area (Å²) in [6, 6.07) is 9.11. The van der Waals surface area contributed by atoms with E-state index in [9.17, 15) is 4.79 Å². The summed E-state index contributed by atoms with van der Waals surface area (Å²) in [7, 11) is 1.60. The van der Waals surface area contributed by atoms with Gasteiger partial charge < -0.3 is 15.8 Å². The van der Waals surface area contributed by atoms with Gasteiger partial charge in [0, 0.05) is 24.5 Å². The number of nitrogen functional groups attached to an aromatic ring is 1. The van der Waals surface area contributed by atoms with E-state index in [0.717, 1.165) is 11.3 Å². The molecule has 0 bridgehead atoms. The minimum Gasteiger partial charge on any atom is -0.496 e. The Morgan fingerprint density at radius 1 is 1.37 bits per heavy atom. The lowest BCUT2D eigenvalue weighted by Crippen LogP contribution is -2.23. The highest BCUT2D eigenvalue weighted by Gasteiger charge is 2.07. The summed E-state index contributed by atoms with van der Waals surface area (Å²) >= 11 is 0. The number of carbonyl (C=O) groups is 1. The van der Waals surface area contributed by atoms with Crippen molar-refractivity contribution < 1.29 is 9.53 Å². The lowest BCUT2D eigenvalue weighted by Gasteiger charge is -2.09. The van der Waals surface area contributed by atoms with E-state index in [1.807, 2.05) is 24.3 Å². The lowest BCUT2D eigenvalue weighted by atomic mass is 10.2. The van der Waals surface area contributed by atoms with E-state index in [0.29, 0.717) is 17.8 Å². The molecule has 2 aromatic rings. The lowest BCUT2D eigenvalue weighted by molar-refractivity contribution is 0.0950. The first-order chi connectivity index (χ1) is 9.20. The van der Waals surface area contributed by atoms with Gasteiger partial charge in [-0.15, -0.1) is 0 Å². The second-order valence-corrected chi connectivity index (χ2v) is 4.00. The van der Waals surface area contributed by atoms with Crippen molar-refractivity contribution in [3.63, 3.8) is 0 Å². The zero-order chi connectivity index (χ0) is 13.7. The van der Waals surface area contributed by atoms with Gasteiger partial charge >= 0.3 is 0 Å². The standard InChI is InChI=1S/C14H15N3O2/c1-19-13-5-3-2-4-10(13)8-17-14(18)11-6-12(15)9-16-7-11/h2-7,9H,8,15H2,1H3,(H,17,18). The van der Waals surface area contributed by atoms with Crippen LogP contribution in [-0.2, 0) is 6.54 Å². The molecule has 5 heteroatoms. The van der Waals surface area contributed by atoms with Crippen LogP contribution in [0.15, 0.2) is 42.7 Å². The number of ether oxygens (including phenoxy) is 1. The number of hydrogen-bond donors (Lipinski definition) is 2. The Hall–Kier alpha value is -2.56. The first kappa shape index (κ1) is 12.9. The molecule has 0 saturated carbocycles. The molecule has 0 spiro atoms. The summed E-state index contributed by atoms with van der Waals surface area (Å²) in [5.74, 6) is 0.527. The number of nitrogens with two attached hydrogens (primary N) is 1. The van der Waals surface area contributed by atoms with Crippen LogP contribution in [0.2, 0.25) is 0 Å². The van der Waals surface area contributed by atoms with Gasteiger partial charge in [-0.05, 0) is 12.1 Å². The third-order valence-corrected chi connectivity index (χ3v) is 2.65. The topological polar surface area (TPSA) is 77.2 Å². The number of rotatable bonds is 4. The van der Waals surface area contributed by atoms with Gasteiger partial charge in [0.25, 0.3) is 5.91 Å². The third kappa shape index (κ3) is 3.22. The summed E-state index contributed by atoms with van der Waals surface area (Å²) in [6.45, 7) is 0.387. The van der Waals surface area contributed by atoms with Crippen LogP contribution in [0, 0.1) is 0 Å². The van der Waals surface area contributed by atoms with Crippen LogP contribution in [-0.4, -0.2) is 18.0 Å². The molecule has 1 aromatic heterocycles. The predicted molar refractivity (Wildman–Crippen MR) is 72.8 cm³/mol. The van der Waals surface area contributed by atoms with Gasteiger partial charge in [-0.2, -0.15) is 0 Å². The van der Waals surface area contributed by atoms with Gasteiger partial charge in [0.2, 0.25) is 0 Å². The minimum atomic E-state index is -0.217. The van der Waals surface area contributed by atoms with Gasteiger partial charge in [0.15, 0.2) is 0 Å². The maximum Gasteiger partial charge on any atom is 0.253 e. The minimum absolute atomic E-state index is 0.217. The van der Waals surface area contributed by atoms with Crippen molar-refractivity contribution in [2.24, 2.45) is 0 Å². The molecule has 5 nitrogen and oxygen atoms in total. The molecular weight excluding hydrogens is 242 g/mol. The van der Waals surface area contributed by atoms with E-state index in [1.54, 1.807) is 13.2 Å². The van der Waals surface area contributed by atoms with Crippen LogP contribution in [0.3, 0.4) is 0 Å².